The number of rotatable bonds is 7. The summed E-state index contributed by atoms with van der Waals surface area (Å²) in [6.07, 6.45) is 6.05. The Morgan fingerprint density at radius 3 is 2.73 bits per heavy atom. The van der Waals surface area contributed by atoms with Crippen LogP contribution >= 0.6 is 19.2 Å². The Morgan fingerprint density at radius 1 is 1.24 bits per heavy atom. The lowest BCUT2D eigenvalue weighted by Gasteiger charge is -2.53. The van der Waals surface area contributed by atoms with Gasteiger partial charge < -0.3 is 29.3 Å². The number of hydrogen-bond acceptors (Lipinski definition) is 8. The molecule has 2 saturated heterocycles. The van der Waals surface area contributed by atoms with Crippen LogP contribution in [0.25, 0.3) is 11.0 Å². The molecule has 2 aromatic rings. The average molecular weight is 502 g/mol. The van der Waals surface area contributed by atoms with E-state index in [1.165, 1.54) is 32.1 Å². The number of anilines is 1. The molecule has 0 amide bonds. The molecule has 1 aliphatic carbocycles. The van der Waals surface area contributed by atoms with Gasteiger partial charge in [0.15, 0.2) is 5.65 Å². The molecule has 182 valence electrons. The molecule has 0 aromatic carbocycles. The Kier molecular flexibility index (Phi) is 6.41. The van der Waals surface area contributed by atoms with Gasteiger partial charge in [0.05, 0.1) is 36.9 Å². The molecule has 1 spiro atoms. The van der Waals surface area contributed by atoms with E-state index in [9.17, 15) is 9.67 Å². The smallest absolute Gasteiger partial charge is 0.350 e. The number of nitrogens with zero attached hydrogens (tertiary/aromatic N) is 5. The molecule has 0 radical (unpaired) electrons. The van der Waals surface area contributed by atoms with Gasteiger partial charge in [-0.1, -0.05) is 19.3 Å². The summed E-state index contributed by atoms with van der Waals surface area (Å²) in [5.41, 5.74) is 1.02. The van der Waals surface area contributed by atoms with Crippen molar-refractivity contribution in [3.05, 3.63) is 11.5 Å². The van der Waals surface area contributed by atoms with E-state index in [1.807, 2.05) is 0 Å². The number of halogens is 1. The first kappa shape index (κ1) is 23.4. The van der Waals surface area contributed by atoms with Crippen molar-refractivity contribution >= 4 is 36.0 Å². The van der Waals surface area contributed by atoms with Gasteiger partial charge in [-0.05, 0) is 24.4 Å². The molecule has 3 aliphatic rings. The van der Waals surface area contributed by atoms with Crippen molar-refractivity contribution in [3.8, 4) is 0 Å². The van der Waals surface area contributed by atoms with Gasteiger partial charge >= 0.3 is 7.60 Å². The summed E-state index contributed by atoms with van der Waals surface area (Å²) >= 11 is 6.27. The Balaban J connectivity index is 1.26. The van der Waals surface area contributed by atoms with Gasteiger partial charge in [-0.15, -0.1) is 0 Å². The molecule has 33 heavy (non-hydrogen) atoms. The highest BCUT2D eigenvalue weighted by Crippen LogP contribution is 2.46. The predicted octanol–water partition coefficient (Wildman–Crippen LogP) is 1.92. The first-order valence-corrected chi connectivity index (χ1v) is 13.5. The van der Waals surface area contributed by atoms with Crippen LogP contribution < -0.4 is 4.90 Å². The summed E-state index contributed by atoms with van der Waals surface area (Å²) in [6.45, 7) is 2.22. The quantitative estimate of drug-likeness (QED) is 0.380. The molecule has 3 N–H and O–H groups in total. The van der Waals surface area contributed by atoms with Crippen LogP contribution in [0.2, 0.25) is 5.28 Å². The summed E-state index contributed by atoms with van der Waals surface area (Å²) in [7, 11) is -4.26. The number of aromatic nitrogens is 4. The summed E-state index contributed by atoms with van der Waals surface area (Å²) in [4.78, 5) is 29.0. The maximum absolute atomic E-state index is 10.9. The van der Waals surface area contributed by atoms with Crippen molar-refractivity contribution in [2.24, 2.45) is 5.41 Å². The number of hydrogen-bond donors (Lipinski definition) is 3. The van der Waals surface area contributed by atoms with E-state index in [-0.39, 0.29) is 18.0 Å². The van der Waals surface area contributed by atoms with Crippen molar-refractivity contribution in [1.82, 2.24) is 19.7 Å². The second-order valence-corrected chi connectivity index (χ2v) is 11.5. The molecule has 0 bridgehead atoms. The average Bonchev–Trinajstić information content (AvgIpc) is 3.28. The first-order chi connectivity index (χ1) is 15.7. The highest BCUT2D eigenvalue weighted by atomic mass is 35.5. The van der Waals surface area contributed by atoms with Crippen molar-refractivity contribution in [2.75, 3.05) is 30.9 Å². The zero-order valence-electron chi connectivity index (χ0n) is 18.2. The molecular weight excluding hydrogens is 473 g/mol. The van der Waals surface area contributed by atoms with E-state index in [4.69, 9.17) is 30.9 Å². The van der Waals surface area contributed by atoms with Gasteiger partial charge in [0, 0.05) is 24.9 Å². The highest BCUT2D eigenvalue weighted by Gasteiger charge is 2.44. The van der Waals surface area contributed by atoms with Crippen molar-refractivity contribution in [1.29, 1.82) is 0 Å². The molecule has 5 rings (SSSR count). The Morgan fingerprint density at radius 2 is 2.00 bits per heavy atom. The minimum absolute atomic E-state index is 0.0997. The molecule has 3 fully saturated rings. The lowest BCUT2D eigenvalue weighted by atomic mass is 9.68. The van der Waals surface area contributed by atoms with Crippen molar-refractivity contribution in [2.45, 2.75) is 63.4 Å². The molecular formula is C20H29ClN5O6P. The largest absolute Gasteiger partial charge is 0.390 e. The standard InChI is InChI=1S/C20H29ClN5O6P/c21-19-23-17(25-10-20(11-25)4-2-1-3-5-20)14-7-22-26(18(14)24-19)8-13-6-15(27)16(32-13)9-31-12-33(28,29)30/h7,13,15-16,27H,1-6,8-12H2,(H2,28,29,30)/t13-,15-,16+/m0/s1. The Hall–Kier alpha value is -1.33. The first-order valence-electron chi connectivity index (χ1n) is 11.3. The molecule has 11 nitrogen and oxygen atoms in total. The normalized spacial score (nSPS) is 27.4. The van der Waals surface area contributed by atoms with Crippen LogP contribution in [0.4, 0.5) is 5.82 Å². The second-order valence-electron chi connectivity index (χ2n) is 9.56. The van der Waals surface area contributed by atoms with Crippen LogP contribution in [0.5, 0.6) is 0 Å². The molecule has 2 aliphatic heterocycles. The molecule has 2 aromatic heterocycles. The van der Waals surface area contributed by atoms with Gasteiger partial charge in [-0.25, -0.2) is 4.68 Å². The number of ether oxygens (including phenoxy) is 2. The van der Waals surface area contributed by atoms with Gasteiger partial charge in [0.1, 0.15) is 18.3 Å². The van der Waals surface area contributed by atoms with Gasteiger partial charge in [0.25, 0.3) is 0 Å². The predicted molar refractivity (Wildman–Crippen MR) is 120 cm³/mol. The van der Waals surface area contributed by atoms with E-state index >= 15 is 0 Å². The lowest BCUT2D eigenvalue weighted by Crippen LogP contribution is -2.57. The van der Waals surface area contributed by atoms with Crippen molar-refractivity contribution in [3.63, 3.8) is 0 Å². The van der Waals surface area contributed by atoms with Gasteiger partial charge in [-0.3, -0.25) is 4.57 Å². The SMILES string of the molecule is O=P(O)(O)COC[C@H]1O[C@H](Cn2ncc3c(N4CC5(CCCCC5)C4)nc(Cl)nc32)C[C@@H]1O. The molecule has 3 atom stereocenters. The zero-order chi connectivity index (χ0) is 23.2. The monoisotopic (exact) mass is 501 g/mol. The topological polar surface area (TPSA) is 143 Å². The Bertz CT molecular complexity index is 1050. The maximum atomic E-state index is 10.9. The van der Waals surface area contributed by atoms with Crippen LogP contribution in [-0.2, 0) is 20.6 Å². The van der Waals surface area contributed by atoms with E-state index in [0.717, 1.165) is 24.3 Å². The maximum Gasteiger partial charge on any atom is 0.350 e. The minimum atomic E-state index is -4.26. The number of aliphatic hydroxyl groups is 1. The minimum Gasteiger partial charge on any atom is -0.390 e. The van der Waals surface area contributed by atoms with Crippen LogP contribution in [0, 0.1) is 5.41 Å². The number of fused-ring (bicyclic) bond motifs is 1. The molecule has 0 unspecified atom stereocenters. The lowest BCUT2D eigenvalue weighted by molar-refractivity contribution is -0.0418. The third-order valence-corrected chi connectivity index (χ3v) is 7.62. The van der Waals surface area contributed by atoms with E-state index in [0.29, 0.717) is 24.0 Å². The van der Waals surface area contributed by atoms with Crippen LogP contribution in [0.15, 0.2) is 6.20 Å². The van der Waals surface area contributed by atoms with E-state index < -0.39 is 26.2 Å². The fraction of sp³-hybridized carbons (Fsp3) is 0.750. The summed E-state index contributed by atoms with van der Waals surface area (Å²) < 4.78 is 23.5. The fourth-order valence-electron chi connectivity index (χ4n) is 5.38. The molecule has 4 heterocycles. The molecule has 13 heteroatoms. The number of aliphatic hydroxyl groups excluding tert-OH is 1. The summed E-state index contributed by atoms with van der Waals surface area (Å²) in [5, 5.41) is 15.8. The third-order valence-electron chi connectivity index (χ3n) is 6.93. The Labute approximate surface area is 196 Å². The van der Waals surface area contributed by atoms with Gasteiger partial charge in [0.2, 0.25) is 5.28 Å². The third kappa shape index (κ3) is 5.05. The molecule has 1 saturated carbocycles. The van der Waals surface area contributed by atoms with Crippen molar-refractivity contribution < 1.29 is 28.9 Å². The summed E-state index contributed by atoms with van der Waals surface area (Å²) in [6, 6.07) is 0. The summed E-state index contributed by atoms with van der Waals surface area (Å²) in [5.74, 6) is 0.809. The fourth-order valence-corrected chi connectivity index (χ4v) is 5.89. The highest BCUT2D eigenvalue weighted by molar-refractivity contribution is 7.51. The van der Waals surface area contributed by atoms with E-state index in [1.54, 1.807) is 10.9 Å². The zero-order valence-corrected chi connectivity index (χ0v) is 19.9. The van der Waals surface area contributed by atoms with Gasteiger partial charge in [-0.2, -0.15) is 15.1 Å². The second kappa shape index (κ2) is 9.03. The van der Waals surface area contributed by atoms with Crippen LogP contribution in [0.3, 0.4) is 0 Å². The van der Waals surface area contributed by atoms with Crippen LogP contribution in [0.1, 0.15) is 38.5 Å². The van der Waals surface area contributed by atoms with E-state index in [2.05, 4.69) is 20.0 Å². The van der Waals surface area contributed by atoms with Crippen LogP contribution in [-0.4, -0.2) is 79.0 Å².